The molecule has 5 nitrogen and oxygen atoms in total. The molecule has 1 heterocycles. The molecule has 0 saturated heterocycles. The Balaban J connectivity index is 1.72. The molecule has 2 aromatic rings. The minimum atomic E-state index is -0.131. The maximum Gasteiger partial charge on any atom is 0.254 e. The van der Waals surface area contributed by atoms with E-state index in [0.717, 1.165) is 18.6 Å². The van der Waals surface area contributed by atoms with Crippen LogP contribution in [0.5, 0.6) is 5.75 Å². The van der Waals surface area contributed by atoms with E-state index in [1.807, 2.05) is 24.3 Å². The second-order valence-corrected chi connectivity index (χ2v) is 4.71. The maximum absolute atomic E-state index is 11.8. The van der Waals surface area contributed by atoms with E-state index in [1.165, 1.54) is 11.8 Å². The summed E-state index contributed by atoms with van der Waals surface area (Å²) in [6.45, 7) is 0.915. The van der Waals surface area contributed by atoms with Crippen LogP contribution in [0.3, 0.4) is 0 Å². The molecule has 0 aliphatic rings. The van der Waals surface area contributed by atoms with Gasteiger partial charge in [-0.2, -0.15) is 0 Å². The molecule has 0 saturated carbocycles. The summed E-state index contributed by atoms with van der Waals surface area (Å²) in [4.78, 5) is 11.8. The first-order valence-electron chi connectivity index (χ1n) is 6.91. The van der Waals surface area contributed by atoms with Crippen molar-refractivity contribution in [2.75, 3.05) is 13.7 Å². The number of carbonyl (C=O) groups excluding carboxylic acids is 1. The van der Waals surface area contributed by atoms with Crippen molar-refractivity contribution in [3.05, 3.63) is 53.5 Å². The van der Waals surface area contributed by atoms with Crippen molar-refractivity contribution >= 4 is 5.91 Å². The molecule has 1 aromatic carbocycles. The first-order valence-corrected chi connectivity index (χ1v) is 6.91. The van der Waals surface area contributed by atoms with Gasteiger partial charge in [0.05, 0.1) is 19.2 Å². The van der Waals surface area contributed by atoms with Crippen LogP contribution in [-0.4, -0.2) is 19.6 Å². The Kier molecular flexibility index (Phi) is 5.40. The number of methoxy groups -OCH3 is 1. The quantitative estimate of drug-likeness (QED) is 0.765. The average molecular weight is 288 g/mol. The average Bonchev–Trinajstić information content (AvgIpc) is 3.01. The van der Waals surface area contributed by atoms with Crippen LogP contribution in [0.4, 0.5) is 0 Å². The summed E-state index contributed by atoms with van der Waals surface area (Å²) in [5.41, 5.74) is 7.17. The lowest BCUT2D eigenvalue weighted by Gasteiger charge is -2.05. The summed E-state index contributed by atoms with van der Waals surface area (Å²) in [5.74, 6) is 1.33. The number of furan rings is 1. The van der Waals surface area contributed by atoms with Gasteiger partial charge in [0.25, 0.3) is 5.91 Å². The Hall–Kier alpha value is -2.27. The van der Waals surface area contributed by atoms with Crippen LogP contribution < -0.4 is 15.8 Å². The second kappa shape index (κ2) is 7.50. The summed E-state index contributed by atoms with van der Waals surface area (Å²) in [5, 5.41) is 2.86. The summed E-state index contributed by atoms with van der Waals surface area (Å²) in [7, 11) is 1.65. The largest absolute Gasteiger partial charge is 0.497 e. The number of aryl methyl sites for hydroxylation is 1. The highest BCUT2D eigenvalue weighted by Crippen LogP contribution is 2.12. The molecule has 5 heteroatoms. The SMILES string of the molecule is COc1ccc(CCCNC(=O)c2coc(CN)c2)cc1. The molecule has 112 valence electrons. The molecule has 3 N–H and O–H groups in total. The fourth-order valence-electron chi connectivity index (χ4n) is 2.00. The van der Waals surface area contributed by atoms with Crippen LogP contribution in [0.1, 0.15) is 28.1 Å². The molecule has 1 aromatic heterocycles. The second-order valence-electron chi connectivity index (χ2n) is 4.71. The lowest BCUT2D eigenvalue weighted by atomic mass is 10.1. The lowest BCUT2D eigenvalue weighted by Crippen LogP contribution is -2.24. The first kappa shape index (κ1) is 15.1. The van der Waals surface area contributed by atoms with Gasteiger partial charge in [-0.15, -0.1) is 0 Å². The Morgan fingerprint density at radius 1 is 1.33 bits per heavy atom. The Labute approximate surface area is 124 Å². The lowest BCUT2D eigenvalue weighted by molar-refractivity contribution is 0.0952. The van der Waals surface area contributed by atoms with Crippen LogP contribution in [0.25, 0.3) is 0 Å². The van der Waals surface area contributed by atoms with Crippen LogP contribution >= 0.6 is 0 Å². The van der Waals surface area contributed by atoms with Crippen LogP contribution in [0.15, 0.2) is 41.0 Å². The third kappa shape index (κ3) is 4.36. The monoisotopic (exact) mass is 288 g/mol. The number of carbonyl (C=O) groups is 1. The zero-order valence-corrected chi connectivity index (χ0v) is 12.1. The summed E-state index contributed by atoms with van der Waals surface area (Å²) >= 11 is 0. The van der Waals surface area contributed by atoms with Crippen molar-refractivity contribution in [2.45, 2.75) is 19.4 Å². The fraction of sp³-hybridized carbons (Fsp3) is 0.312. The van der Waals surface area contributed by atoms with Crippen molar-refractivity contribution in [1.29, 1.82) is 0 Å². The van der Waals surface area contributed by atoms with Gasteiger partial charge in [-0.25, -0.2) is 0 Å². The minimum Gasteiger partial charge on any atom is -0.497 e. The van der Waals surface area contributed by atoms with Crippen molar-refractivity contribution in [2.24, 2.45) is 5.73 Å². The topological polar surface area (TPSA) is 77.5 Å². The van der Waals surface area contributed by atoms with Gasteiger partial charge in [0.2, 0.25) is 0 Å². The van der Waals surface area contributed by atoms with Gasteiger partial charge in [-0.05, 0) is 36.6 Å². The molecular formula is C16H20N2O3. The van der Waals surface area contributed by atoms with Gasteiger partial charge in [-0.3, -0.25) is 4.79 Å². The van der Waals surface area contributed by atoms with Crippen molar-refractivity contribution in [3.8, 4) is 5.75 Å². The van der Waals surface area contributed by atoms with Gasteiger partial charge in [0, 0.05) is 6.54 Å². The highest BCUT2D eigenvalue weighted by atomic mass is 16.5. The summed E-state index contributed by atoms with van der Waals surface area (Å²) in [6, 6.07) is 9.61. The molecule has 1 amide bonds. The molecule has 0 radical (unpaired) electrons. The number of hydrogen-bond acceptors (Lipinski definition) is 4. The van der Waals surface area contributed by atoms with Crippen LogP contribution in [0, 0.1) is 0 Å². The number of amides is 1. The van der Waals surface area contributed by atoms with E-state index in [1.54, 1.807) is 13.2 Å². The number of rotatable bonds is 7. The molecule has 2 rings (SSSR count). The highest BCUT2D eigenvalue weighted by Gasteiger charge is 2.08. The van der Waals surface area contributed by atoms with E-state index in [2.05, 4.69) is 5.32 Å². The highest BCUT2D eigenvalue weighted by molar-refractivity contribution is 5.93. The Morgan fingerprint density at radius 2 is 2.10 bits per heavy atom. The Bertz CT molecular complexity index is 575. The first-order chi connectivity index (χ1) is 10.2. The van der Waals surface area contributed by atoms with Crippen LogP contribution in [-0.2, 0) is 13.0 Å². The summed E-state index contributed by atoms with van der Waals surface area (Å²) < 4.78 is 10.2. The molecule has 0 unspecified atom stereocenters. The molecule has 0 fully saturated rings. The standard InChI is InChI=1S/C16H20N2O3/c1-20-14-6-4-12(5-7-14)3-2-8-18-16(19)13-9-15(10-17)21-11-13/h4-7,9,11H,2-3,8,10,17H2,1H3,(H,18,19). The van der Waals surface area contributed by atoms with E-state index in [9.17, 15) is 4.79 Å². The zero-order chi connectivity index (χ0) is 15.1. The molecule has 21 heavy (non-hydrogen) atoms. The van der Waals surface area contributed by atoms with Gasteiger partial charge >= 0.3 is 0 Å². The van der Waals surface area contributed by atoms with Gasteiger partial charge in [-0.1, -0.05) is 12.1 Å². The van der Waals surface area contributed by atoms with Crippen molar-refractivity contribution < 1.29 is 13.9 Å². The zero-order valence-electron chi connectivity index (χ0n) is 12.1. The van der Waals surface area contributed by atoms with E-state index in [0.29, 0.717) is 24.4 Å². The molecule has 0 aliphatic heterocycles. The fourth-order valence-corrected chi connectivity index (χ4v) is 2.00. The van der Waals surface area contributed by atoms with Crippen molar-refractivity contribution in [3.63, 3.8) is 0 Å². The van der Waals surface area contributed by atoms with E-state index in [-0.39, 0.29) is 5.91 Å². The van der Waals surface area contributed by atoms with Gasteiger partial charge < -0.3 is 20.2 Å². The molecular weight excluding hydrogens is 268 g/mol. The number of nitrogens with one attached hydrogen (secondary N) is 1. The third-order valence-electron chi connectivity index (χ3n) is 3.20. The molecule has 0 aliphatic carbocycles. The van der Waals surface area contributed by atoms with Gasteiger partial charge in [0.15, 0.2) is 0 Å². The van der Waals surface area contributed by atoms with Crippen molar-refractivity contribution in [1.82, 2.24) is 5.32 Å². The molecule has 0 bridgehead atoms. The van der Waals surface area contributed by atoms with E-state index >= 15 is 0 Å². The van der Waals surface area contributed by atoms with Gasteiger partial charge in [0.1, 0.15) is 17.8 Å². The number of ether oxygens (including phenoxy) is 1. The summed E-state index contributed by atoms with van der Waals surface area (Å²) in [6.07, 6.45) is 3.21. The number of nitrogens with two attached hydrogens (primary N) is 1. The predicted molar refractivity (Wildman–Crippen MR) is 80.2 cm³/mol. The molecule has 0 spiro atoms. The minimum absolute atomic E-state index is 0.131. The maximum atomic E-state index is 11.8. The van der Waals surface area contributed by atoms with E-state index in [4.69, 9.17) is 14.9 Å². The predicted octanol–water partition coefficient (Wildman–Crippen LogP) is 2.11. The smallest absolute Gasteiger partial charge is 0.254 e. The van der Waals surface area contributed by atoms with E-state index < -0.39 is 0 Å². The Morgan fingerprint density at radius 3 is 2.71 bits per heavy atom. The third-order valence-corrected chi connectivity index (χ3v) is 3.20. The number of hydrogen-bond donors (Lipinski definition) is 2. The molecule has 0 atom stereocenters. The normalized spacial score (nSPS) is 10.4. The van der Waals surface area contributed by atoms with Crippen LogP contribution in [0.2, 0.25) is 0 Å². The number of benzene rings is 1.